The summed E-state index contributed by atoms with van der Waals surface area (Å²) in [4.78, 5) is 11.2. The molecule has 120 valence electrons. The molecule has 0 saturated carbocycles. The van der Waals surface area contributed by atoms with E-state index < -0.39 is 15.9 Å². The zero-order valence-corrected chi connectivity index (χ0v) is 13.5. The first-order valence-corrected chi connectivity index (χ1v) is 8.07. The highest BCUT2D eigenvalue weighted by molar-refractivity contribution is 7.89. The van der Waals surface area contributed by atoms with Gasteiger partial charge in [-0.05, 0) is 31.9 Å². The lowest BCUT2D eigenvalue weighted by Crippen LogP contribution is -2.30. The van der Waals surface area contributed by atoms with Crippen LogP contribution < -0.4 is 15.8 Å². The van der Waals surface area contributed by atoms with Crippen molar-refractivity contribution >= 4 is 28.3 Å². The Hall–Kier alpha value is -1.09. The number of carbonyl (C=O) groups is 1. The van der Waals surface area contributed by atoms with Crippen LogP contribution in [0, 0.1) is 0 Å². The lowest BCUT2D eigenvalue weighted by Gasteiger charge is -2.10. The van der Waals surface area contributed by atoms with E-state index in [9.17, 15) is 13.2 Å². The standard InChI is InChI=1S/C12H20N4O3S.ClH/c1-16-8-10(7-11(16)12(13)17)20(18,19)15-6-4-9-3-2-5-14-9;/h7-9,14-15H,2-6H2,1H3,(H2,13,17);1H/t9-;/m1./s1. The molecule has 1 aliphatic rings. The van der Waals surface area contributed by atoms with Crippen molar-refractivity contribution in [1.82, 2.24) is 14.6 Å². The van der Waals surface area contributed by atoms with Crippen LogP contribution in [0.2, 0.25) is 0 Å². The second-order valence-electron chi connectivity index (χ2n) is 5.02. The number of hydrogen-bond donors (Lipinski definition) is 3. The van der Waals surface area contributed by atoms with Gasteiger partial charge < -0.3 is 15.6 Å². The van der Waals surface area contributed by atoms with Crippen molar-refractivity contribution in [3.63, 3.8) is 0 Å². The molecular weight excluding hydrogens is 316 g/mol. The van der Waals surface area contributed by atoms with Crippen LogP contribution in [-0.2, 0) is 17.1 Å². The third-order valence-corrected chi connectivity index (χ3v) is 4.92. The molecule has 2 rings (SSSR count). The van der Waals surface area contributed by atoms with Crippen molar-refractivity contribution in [2.45, 2.75) is 30.2 Å². The van der Waals surface area contributed by atoms with Gasteiger partial charge in [0.2, 0.25) is 10.0 Å². The van der Waals surface area contributed by atoms with Gasteiger partial charge in [0.15, 0.2) is 0 Å². The number of aromatic nitrogens is 1. The van der Waals surface area contributed by atoms with Gasteiger partial charge in [0.05, 0.1) is 0 Å². The van der Waals surface area contributed by atoms with Crippen LogP contribution in [-0.4, -0.2) is 38.0 Å². The number of hydrogen-bond acceptors (Lipinski definition) is 4. The fraction of sp³-hybridized carbons (Fsp3) is 0.583. The average Bonchev–Trinajstić information content (AvgIpc) is 2.98. The number of amides is 1. The zero-order chi connectivity index (χ0) is 14.8. The quantitative estimate of drug-likeness (QED) is 0.678. The number of nitrogens with two attached hydrogens (primary N) is 1. The first-order valence-electron chi connectivity index (χ1n) is 6.59. The second-order valence-corrected chi connectivity index (χ2v) is 6.78. The summed E-state index contributed by atoms with van der Waals surface area (Å²) in [7, 11) is -2.01. The molecule has 1 amide bonds. The van der Waals surface area contributed by atoms with E-state index in [2.05, 4.69) is 10.0 Å². The Morgan fingerprint density at radius 3 is 2.81 bits per heavy atom. The monoisotopic (exact) mass is 336 g/mol. The largest absolute Gasteiger partial charge is 0.364 e. The number of nitrogens with zero attached hydrogens (tertiary/aromatic N) is 1. The normalized spacial score (nSPS) is 18.4. The predicted molar refractivity (Wildman–Crippen MR) is 82.0 cm³/mol. The molecular formula is C12H21ClN4O3S. The lowest BCUT2D eigenvalue weighted by molar-refractivity contribution is 0.0992. The van der Waals surface area contributed by atoms with E-state index in [-0.39, 0.29) is 23.0 Å². The molecule has 1 aromatic rings. The summed E-state index contributed by atoms with van der Waals surface area (Å²) >= 11 is 0. The highest BCUT2D eigenvalue weighted by Crippen LogP contribution is 2.13. The van der Waals surface area contributed by atoms with Gasteiger partial charge >= 0.3 is 0 Å². The van der Waals surface area contributed by atoms with E-state index in [4.69, 9.17) is 5.73 Å². The number of aryl methyl sites for hydroxylation is 1. The van der Waals surface area contributed by atoms with E-state index in [1.54, 1.807) is 7.05 Å². The Balaban J connectivity index is 0.00000220. The Kier molecular flexibility index (Phi) is 6.21. The summed E-state index contributed by atoms with van der Waals surface area (Å²) in [5.74, 6) is -0.649. The van der Waals surface area contributed by atoms with E-state index >= 15 is 0 Å². The minimum Gasteiger partial charge on any atom is -0.364 e. The smallest absolute Gasteiger partial charge is 0.265 e. The van der Waals surface area contributed by atoms with Gasteiger partial charge in [-0.2, -0.15) is 0 Å². The Bertz CT molecular complexity index is 594. The van der Waals surface area contributed by atoms with Crippen LogP contribution in [0.4, 0.5) is 0 Å². The van der Waals surface area contributed by atoms with Crippen molar-refractivity contribution in [1.29, 1.82) is 0 Å². The SMILES string of the molecule is Cl.Cn1cc(S(=O)(=O)NCC[C@H]2CCCN2)cc1C(N)=O. The van der Waals surface area contributed by atoms with Crippen LogP contribution in [0.3, 0.4) is 0 Å². The van der Waals surface area contributed by atoms with Gasteiger partial charge in [0, 0.05) is 25.8 Å². The van der Waals surface area contributed by atoms with Gasteiger partial charge in [-0.15, -0.1) is 12.4 Å². The van der Waals surface area contributed by atoms with Gasteiger partial charge in [0.1, 0.15) is 10.6 Å². The Morgan fingerprint density at radius 2 is 2.29 bits per heavy atom. The maximum Gasteiger partial charge on any atom is 0.265 e. The topological polar surface area (TPSA) is 106 Å². The van der Waals surface area contributed by atoms with Crippen LogP contribution in [0.1, 0.15) is 29.8 Å². The fourth-order valence-electron chi connectivity index (χ4n) is 2.38. The van der Waals surface area contributed by atoms with E-state index in [1.165, 1.54) is 16.8 Å². The summed E-state index contributed by atoms with van der Waals surface area (Å²) < 4.78 is 28.2. The van der Waals surface area contributed by atoms with E-state index in [1.807, 2.05) is 0 Å². The molecule has 0 aliphatic carbocycles. The summed E-state index contributed by atoms with van der Waals surface area (Å²) in [6, 6.07) is 1.67. The molecule has 0 unspecified atom stereocenters. The predicted octanol–water partition coefficient (Wildman–Crippen LogP) is -0.0338. The minimum atomic E-state index is -3.59. The van der Waals surface area contributed by atoms with Gasteiger partial charge in [-0.25, -0.2) is 13.1 Å². The number of rotatable bonds is 6. The number of primary amides is 1. The van der Waals surface area contributed by atoms with Crippen molar-refractivity contribution in [2.75, 3.05) is 13.1 Å². The van der Waals surface area contributed by atoms with Gasteiger partial charge in [-0.1, -0.05) is 0 Å². The Labute approximate surface area is 130 Å². The fourth-order valence-corrected chi connectivity index (χ4v) is 3.50. The molecule has 1 fully saturated rings. The molecule has 0 radical (unpaired) electrons. The number of carbonyl (C=O) groups excluding carboxylic acids is 1. The molecule has 0 bridgehead atoms. The molecule has 1 aliphatic heterocycles. The third kappa shape index (κ3) is 4.44. The van der Waals surface area contributed by atoms with Gasteiger partial charge in [-0.3, -0.25) is 4.79 Å². The second kappa shape index (κ2) is 7.26. The number of sulfonamides is 1. The molecule has 0 spiro atoms. The number of halogens is 1. The van der Waals surface area contributed by atoms with Crippen LogP contribution >= 0.6 is 12.4 Å². The maximum absolute atomic E-state index is 12.1. The van der Waals surface area contributed by atoms with Crippen molar-refractivity contribution in [3.8, 4) is 0 Å². The molecule has 7 nitrogen and oxygen atoms in total. The summed E-state index contributed by atoms with van der Waals surface area (Å²) in [6.45, 7) is 1.37. The molecule has 4 N–H and O–H groups in total. The maximum atomic E-state index is 12.1. The number of nitrogens with one attached hydrogen (secondary N) is 2. The zero-order valence-electron chi connectivity index (χ0n) is 11.8. The molecule has 2 heterocycles. The molecule has 0 aromatic carbocycles. The van der Waals surface area contributed by atoms with Crippen LogP contribution in [0.5, 0.6) is 0 Å². The summed E-state index contributed by atoms with van der Waals surface area (Å²) in [5.41, 5.74) is 5.34. The van der Waals surface area contributed by atoms with E-state index in [0.717, 1.165) is 25.8 Å². The van der Waals surface area contributed by atoms with Crippen molar-refractivity contribution < 1.29 is 13.2 Å². The van der Waals surface area contributed by atoms with Crippen LogP contribution in [0.15, 0.2) is 17.2 Å². The molecule has 1 atom stereocenters. The Morgan fingerprint density at radius 1 is 1.57 bits per heavy atom. The minimum absolute atomic E-state index is 0. The summed E-state index contributed by atoms with van der Waals surface area (Å²) in [6.07, 6.45) is 4.36. The molecule has 21 heavy (non-hydrogen) atoms. The highest BCUT2D eigenvalue weighted by Gasteiger charge is 2.20. The molecule has 9 heteroatoms. The average molecular weight is 337 g/mol. The highest BCUT2D eigenvalue weighted by atomic mass is 35.5. The van der Waals surface area contributed by atoms with E-state index in [0.29, 0.717) is 12.6 Å². The first-order chi connectivity index (χ1) is 9.40. The van der Waals surface area contributed by atoms with Crippen molar-refractivity contribution in [3.05, 3.63) is 18.0 Å². The third-order valence-electron chi connectivity index (χ3n) is 3.49. The van der Waals surface area contributed by atoms with Gasteiger partial charge in [0.25, 0.3) is 5.91 Å². The molecule has 1 aromatic heterocycles. The lowest BCUT2D eigenvalue weighted by atomic mass is 10.2. The molecule has 1 saturated heterocycles. The van der Waals surface area contributed by atoms with Crippen LogP contribution in [0.25, 0.3) is 0 Å². The first kappa shape index (κ1) is 18.0. The summed E-state index contributed by atoms with van der Waals surface area (Å²) in [5, 5.41) is 3.31. The van der Waals surface area contributed by atoms with Crippen molar-refractivity contribution in [2.24, 2.45) is 12.8 Å².